The average molecular weight is 249 g/mol. The molecule has 1 amide bonds. The van der Waals surface area contributed by atoms with Gasteiger partial charge in [0.25, 0.3) is 0 Å². The minimum absolute atomic E-state index is 0.132. The van der Waals surface area contributed by atoms with Crippen molar-refractivity contribution in [1.82, 2.24) is 0 Å². The van der Waals surface area contributed by atoms with Gasteiger partial charge in [-0.2, -0.15) is 0 Å². The zero-order valence-corrected chi connectivity index (χ0v) is 10.6. The molecule has 1 aromatic rings. The molecule has 0 aliphatic heterocycles. The van der Waals surface area contributed by atoms with E-state index in [0.717, 1.165) is 24.1 Å². The molecular formula is C14H19NO3. The summed E-state index contributed by atoms with van der Waals surface area (Å²) in [6, 6.07) is 7.77. The maximum Gasteiger partial charge on any atom is 0.227 e. The average Bonchev–Trinajstić information content (AvgIpc) is 3.19. The first-order valence-electron chi connectivity index (χ1n) is 6.26. The van der Waals surface area contributed by atoms with Crippen molar-refractivity contribution in [2.45, 2.75) is 19.4 Å². The predicted molar refractivity (Wildman–Crippen MR) is 69.3 cm³/mol. The summed E-state index contributed by atoms with van der Waals surface area (Å²) in [7, 11) is 1.65. The summed E-state index contributed by atoms with van der Waals surface area (Å²) in [6.07, 6.45) is 2.04. The Morgan fingerprint density at radius 3 is 2.94 bits per heavy atom. The number of ether oxygens (including phenoxy) is 2. The summed E-state index contributed by atoms with van der Waals surface area (Å²) in [6.45, 7) is 1.71. The van der Waals surface area contributed by atoms with Gasteiger partial charge in [0.2, 0.25) is 5.91 Å². The number of nitrogens with one attached hydrogen (secondary N) is 1. The molecule has 4 heteroatoms. The van der Waals surface area contributed by atoms with Crippen LogP contribution in [0.25, 0.3) is 0 Å². The quantitative estimate of drug-likeness (QED) is 0.754. The Kier molecular flexibility index (Phi) is 4.73. The molecule has 0 aromatic heterocycles. The largest absolute Gasteiger partial charge is 0.382 e. The molecule has 1 aromatic carbocycles. The van der Waals surface area contributed by atoms with Gasteiger partial charge in [-0.3, -0.25) is 4.79 Å². The maximum absolute atomic E-state index is 11.6. The summed E-state index contributed by atoms with van der Waals surface area (Å²) in [5, 5.41) is 2.93. The van der Waals surface area contributed by atoms with E-state index in [2.05, 4.69) is 5.32 Å². The second-order valence-electron chi connectivity index (χ2n) is 4.51. The van der Waals surface area contributed by atoms with Crippen LogP contribution in [0.4, 0.5) is 5.69 Å². The highest BCUT2D eigenvalue weighted by Crippen LogP contribution is 2.30. The van der Waals surface area contributed by atoms with Gasteiger partial charge >= 0.3 is 0 Å². The van der Waals surface area contributed by atoms with Gasteiger partial charge in [0, 0.05) is 18.7 Å². The molecule has 0 radical (unpaired) electrons. The van der Waals surface area contributed by atoms with E-state index in [-0.39, 0.29) is 11.8 Å². The number of carbonyl (C=O) groups is 1. The zero-order valence-electron chi connectivity index (χ0n) is 10.6. The molecule has 0 spiro atoms. The molecular weight excluding hydrogens is 230 g/mol. The molecule has 1 N–H and O–H groups in total. The fourth-order valence-electron chi connectivity index (χ4n) is 1.66. The second-order valence-corrected chi connectivity index (χ2v) is 4.51. The standard InChI is InChI=1S/C14H19NO3/c1-17-7-8-18-10-11-3-2-4-13(9-11)15-14(16)12-5-6-12/h2-4,9,12H,5-8,10H2,1H3,(H,15,16). The Labute approximate surface area is 107 Å². The third kappa shape index (κ3) is 4.13. The molecule has 1 aliphatic carbocycles. The molecule has 0 atom stereocenters. The van der Waals surface area contributed by atoms with E-state index >= 15 is 0 Å². The monoisotopic (exact) mass is 249 g/mol. The smallest absolute Gasteiger partial charge is 0.227 e. The third-order valence-electron chi connectivity index (χ3n) is 2.84. The lowest BCUT2D eigenvalue weighted by Crippen LogP contribution is -2.13. The van der Waals surface area contributed by atoms with Crippen LogP contribution in [0.5, 0.6) is 0 Å². The van der Waals surface area contributed by atoms with Gasteiger partial charge in [0.05, 0.1) is 19.8 Å². The fourth-order valence-corrected chi connectivity index (χ4v) is 1.66. The summed E-state index contributed by atoms with van der Waals surface area (Å²) in [5.41, 5.74) is 1.90. The Bertz CT molecular complexity index is 402. The van der Waals surface area contributed by atoms with Crippen molar-refractivity contribution in [3.05, 3.63) is 29.8 Å². The molecule has 0 saturated heterocycles. The van der Waals surface area contributed by atoms with Crippen LogP contribution >= 0.6 is 0 Å². The van der Waals surface area contributed by atoms with Crippen LogP contribution in [-0.4, -0.2) is 26.2 Å². The molecule has 2 rings (SSSR count). The lowest BCUT2D eigenvalue weighted by Gasteiger charge is -2.07. The molecule has 1 fully saturated rings. The molecule has 98 valence electrons. The van der Waals surface area contributed by atoms with Crippen LogP contribution in [0.3, 0.4) is 0 Å². The van der Waals surface area contributed by atoms with Gasteiger partial charge in [-0.05, 0) is 30.5 Å². The first-order chi connectivity index (χ1) is 8.79. The van der Waals surface area contributed by atoms with E-state index in [1.807, 2.05) is 24.3 Å². The van der Waals surface area contributed by atoms with E-state index in [0.29, 0.717) is 19.8 Å². The molecule has 4 nitrogen and oxygen atoms in total. The van der Waals surface area contributed by atoms with Crippen LogP contribution in [0.1, 0.15) is 18.4 Å². The van der Waals surface area contributed by atoms with Crippen molar-refractivity contribution >= 4 is 11.6 Å². The molecule has 0 heterocycles. The Balaban J connectivity index is 1.82. The van der Waals surface area contributed by atoms with E-state index < -0.39 is 0 Å². The van der Waals surface area contributed by atoms with Crippen molar-refractivity contribution < 1.29 is 14.3 Å². The first kappa shape index (κ1) is 13.1. The van der Waals surface area contributed by atoms with Crippen LogP contribution in [-0.2, 0) is 20.9 Å². The van der Waals surface area contributed by atoms with E-state index in [1.54, 1.807) is 7.11 Å². The Hall–Kier alpha value is -1.39. The van der Waals surface area contributed by atoms with Gasteiger partial charge in [-0.25, -0.2) is 0 Å². The number of hydrogen-bond donors (Lipinski definition) is 1. The minimum Gasteiger partial charge on any atom is -0.382 e. The normalized spacial score (nSPS) is 14.5. The van der Waals surface area contributed by atoms with Crippen LogP contribution in [0, 0.1) is 5.92 Å². The lowest BCUT2D eigenvalue weighted by atomic mass is 10.2. The van der Waals surface area contributed by atoms with Gasteiger partial charge in [0.15, 0.2) is 0 Å². The number of hydrogen-bond acceptors (Lipinski definition) is 3. The molecule has 1 aliphatic rings. The zero-order chi connectivity index (χ0) is 12.8. The van der Waals surface area contributed by atoms with Gasteiger partial charge in [-0.15, -0.1) is 0 Å². The number of benzene rings is 1. The first-order valence-corrected chi connectivity index (χ1v) is 6.26. The number of methoxy groups -OCH3 is 1. The molecule has 1 saturated carbocycles. The SMILES string of the molecule is COCCOCc1cccc(NC(=O)C2CC2)c1. The van der Waals surface area contributed by atoms with Gasteiger partial charge < -0.3 is 14.8 Å². The van der Waals surface area contributed by atoms with Crippen LogP contribution in [0.2, 0.25) is 0 Å². The molecule has 18 heavy (non-hydrogen) atoms. The molecule has 0 unspecified atom stereocenters. The fraction of sp³-hybridized carbons (Fsp3) is 0.500. The van der Waals surface area contributed by atoms with Gasteiger partial charge in [-0.1, -0.05) is 12.1 Å². The van der Waals surface area contributed by atoms with E-state index in [1.165, 1.54) is 0 Å². The van der Waals surface area contributed by atoms with Crippen LogP contribution in [0.15, 0.2) is 24.3 Å². The summed E-state index contributed by atoms with van der Waals surface area (Å²) >= 11 is 0. The van der Waals surface area contributed by atoms with Crippen molar-refractivity contribution in [2.24, 2.45) is 5.92 Å². The summed E-state index contributed by atoms with van der Waals surface area (Å²) in [5.74, 6) is 0.360. The lowest BCUT2D eigenvalue weighted by molar-refractivity contribution is -0.117. The topological polar surface area (TPSA) is 47.6 Å². The van der Waals surface area contributed by atoms with Crippen molar-refractivity contribution in [2.75, 3.05) is 25.6 Å². The summed E-state index contributed by atoms with van der Waals surface area (Å²) < 4.78 is 10.3. The highest BCUT2D eigenvalue weighted by Gasteiger charge is 2.29. The third-order valence-corrected chi connectivity index (χ3v) is 2.84. The van der Waals surface area contributed by atoms with Crippen molar-refractivity contribution in [3.8, 4) is 0 Å². The van der Waals surface area contributed by atoms with Crippen molar-refractivity contribution in [3.63, 3.8) is 0 Å². The minimum atomic E-state index is 0.132. The number of rotatable bonds is 7. The molecule has 0 bridgehead atoms. The second kappa shape index (κ2) is 6.52. The van der Waals surface area contributed by atoms with E-state index in [4.69, 9.17) is 9.47 Å². The maximum atomic E-state index is 11.6. The summed E-state index contributed by atoms with van der Waals surface area (Å²) in [4.78, 5) is 11.6. The number of anilines is 1. The highest BCUT2D eigenvalue weighted by atomic mass is 16.5. The van der Waals surface area contributed by atoms with Crippen LogP contribution < -0.4 is 5.32 Å². The number of carbonyl (C=O) groups excluding carboxylic acids is 1. The van der Waals surface area contributed by atoms with Crippen molar-refractivity contribution in [1.29, 1.82) is 0 Å². The Morgan fingerprint density at radius 1 is 1.39 bits per heavy atom. The number of amides is 1. The van der Waals surface area contributed by atoms with E-state index in [9.17, 15) is 4.79 Å². The predicted octanol–water partition coefficient (Wildman–Crippen LogP) is 2.20. The highest BCUT2D eigenvalue weighted by molar-refractivity contribution is 5.94. The van der Waals surface area contributed by atoms with Gasteiger partial charge in [0.1, 0.15) is 0 Å². The Morgan fingerprint density at radius 2 is 2.22 bits per heavy atom.